The van der Waals surface area contributed by atoms with E-state index in [1.165, 1.54) is 10.9 Å². The molecule has 12 heavy (non-hydrogen) atoms. The molecule has 0 fully saturated rings. The molecular formula is C6H11N2O3S+. The lowest BCUT2D eigenvalue weighted by Gasteiger charge is -1.93. The van der Waals surface area contributed by atoms with Gasteiger partial charge in [0, 0.05) is 6.26 Å². The summed E-state index contributed by atoms with van der Waals surface area (Å²) in [5.41, 5.74) is -0.565. The predicted octanol–water partition coefficient (Wildman–Crippen LogP) is -0.426. The van der Waals surface area contributed by atoms with Gasteiger partial charge in [0.05, 0.1) is 0 Å². The third-order valence-electron chi connectivity index (χ3n) is 1.42. The summed E-state index contributed by atoms with van der Waals surface area (Å²) in [7, 11) is -1.32. The average Bonchev–Trinajstić information content (AvgIpc) is 2.30. The van der Waals surface area contributed by atoms with Gasteiger partial charge in [-0.15, -0.1) is 0 Å². The van der Waals surface area contributed by atoms with Crippen LogP contribution in [0, 0.1) is 0 Å². The van der Waals surface area contributed by atoms with Crippen molar-refractivity contribution in [2.75, 3.05) is 6.26 Å². The second kappa shape index (κ2) is 3.22. The lowest BCUT2D eigenvalue weighted by molar-refractivity contribution is -0.810. The number of hydrogen-bond donors (Lipinski definition) is 1. The largest absolute Gasteiger partial charge is 0.444 e. The minimum absolute atomic E-state index is 0.0374. The Balaban J connectivity index is 3.31. The highest BCUT2D eigenvalue weighted by molar-refractivity contribution is 7.84. The predicted molar refractivity (Wildman–Crippen MR) is 42.2 cm³/mol. The molecule has 68 valence electrons. The molecule has 0 aliphatic rings. The highest BCUT2D eigenvalue weighted by atomic mass is 32.2. The summed E-state index contributed by atoms with van der Waals surface area (Å²) in [5, 5.41) is 2.56. The van der Waals surface area contributed by atoms with Gasteiger partial charge in [0.2, 0.25) is 0 Å². The molecule has 0 saturated carbocycles. The van der Waals surface area contributed by atoms with E-state index in [2.05, 4.69) is 9.79 Å². The first-order valence-corrected chi connectivity index (χ1v) is 5.06. The number of nitrogens with zero attached hydrogens (tertiary/aromatic N) is 1. The average molecular weight is 191 g/mol. The molecule has 1 heterocycles. The van der Waals surface area contributed by atoms with Crippen LogP contribution in [0.5, 0.6) is 0 Å². The van der Waals surface area contributed by atoms with Crippen molar-refractivity contribution < 1.29 is 13.4 Å². The summed E-state index contributed by atoms with van der Waals surface area (Å²) in [4.78, 5) is 11.0. The maximum absolute atomic E-state index is 11.1. The smallest absolute Gasteiger partial charge is 0.282 e. The first-order valence-electron chi connectivity index (χ1n) is 3.50. The number of aromatic amines is 1. The normalized spacial score (nSPS) is 13.7. The van der Waals surface area contributed by atoms with E-state index in [0.29, 0.717) is 0 Å². The highest BCUT2D eigenvalue weighted by Gasteiger charge is 2.26. The van der Waals surface area contributed by atoms with Gasteiger partial charge < -0.3 is 0 Å². The highest BCUT2D eigenvalue weighted by Crippen LogP contribution is 1.94. The molecule has 0 radical (unpaired) electrons. The SMILES string of the molecule is CC(C)[n+]1[nH]oc(=O)c1S(C)=O. The van der Waals surface area contributed by atoms with Crippen LogP contribution in [0.4, 0.5) is 0 Å². The molecule has 6 heteroatoms. The van der Waals surface area contributed by atoms with E-state index < -0.39 is 16.4 Å². The van der Waals surface area contributed by atoms with Crippen LogP contribution in [0.2, 0.25) is 0 Å². The Bertz CT molecular complexity index is 352. The van der Waals surface area contributed by atoms with Crippen LogP contribution in [-0.4, -0.2) is 15.7 Å². The fourth-order valence-electron chi connectivity index (χ4n) is 0.870. The third-order valence-corrected chi connectivity index (χ3v) is 2.33. The Morgan fingerprint density at radius 1 is 1.58 bits per heavy atom. The van der Waals surface area contributed by atoms with E-state index in [1.807, 2.05) is 13.8 Å². The molecule has 1 atom stereocenters. The van der Waals surface area contributed by atoms with Crippen LogP contribution in [0.1, 0.15) is 19.9 Å². The van der Waals surface area contributed by atoms with Gasteiger partial charge >= 0.3 is 10.7 Å². The lowest BCUT2D eigenvalue weighted by atomic mass is 10.4. The van der Waals surface area contributed by atoms with Crippen molar-refractivity contribution in [3.63, 3.8) is 0 Å². The van der Waals surface area contributed by atoms with Crippen molar-refractivity contribution in [1.82, 2.24) is 5.27 Å². The van der Waals surface area contributed by atoms with E-state index >= 15 is 0 Å². The van der Waals surface area contributed by atoms with Crippen molar-refractivity contribution >= 4 is 10.8 Å². The van der Waals surface area contributed by atoms with Gasteiger partial charge in [0.1, 0.15) is 10.8 Å². The van der Waals surface area contributed by atoms with Gasteiger partial charge in [-0.2, -0.15) is 0 Å². The van der Waals surface area contributed by atoms with Crippen molar-refractivity contribution in [3.8, 4) is 0 Å². The van der Waals surface area contributed by atoms with Crippen LogP contribution in [0.25, 0.3) is 0 Å². The molecule has 0 amide bonds. The van der Waals surface area contributed by atoms with Crippen molar-refractivity contribution in [3.05, 3.63) is 10.4 Å². The Morgan fingerprint density at radius 3 is 2.50 bits per heavy atom. The maximum atomic E-state index is 11.1. The summed E-state index contributed by atoms with van der Waals surface area (Å²) in [6.45, 7) is 3.73. The molecule has 0 aromatic carbocycles. The fraction of sp³-hybridized carbons (Fsp3) is 0.667. The summed E-state index contributed by atoms with van der Waals surface area (Å²) < 4.78 is 17.0. The molecule has 0 aliphatic carbocycles. The Hall–Kier alpha value is -0.910. The second-order valence-electron chi connectivity index (χ2n) is 2.70. The number of hydrogen-bond acceptors (Lipinski definition) is 3. The van der Waals surface area contributed by atoms with Crippen LogP contribution in [-0.2, 0) is 10.8 Å². The van der Waals surface area contributed by atoms with Crippen LogP contribution in [0.3, 0.4) is 0 Å². The molecule has 1 aromatic heterocycles. The Labute approximate surface area is 71.8 Å². The van der Waals surface area contributed by atoms with Gasteiger partial charge in [-0.25, -0.2) is 9.00 Å². The minimum atomic E-state index is -1.32. The van der Waals surface area contributed by atoms with E-state index in [0.717, 1.165) is 0 Å². The summed E-state index contributed by atoms with van der Waals surface area (Å²) in [6, 6.07) is 0.0374. The minimum Gasteiger partial charge on any atom is -0.282 e. The second-order valence-corrected chi connectivity index (χ2v) is 4.00. The molecular weight excluding hydrogens is 180 g/mol. The molecule has 1 aromatic rings. The molecule has 5 nitrogen and oxygen atoms in total. The summed E-state index contributed by atoms with van der Waals surface area (Å²) in [6.07, 6.45) is 1.44. The first kappa shape index (κ1) is 9.18. The van der Waals surface area contributed by atoms with Crippen molar-refractivity contribution in [2.45, 2.75) is 24.9 Å². The van der Waals surface area contributed by atoms with Crippen LogP contribution >= 0.6 is 0 Å². The van der Waals surface area contributed by atoms with Crippen LogP contribution in [0.15, 0.2) is 14.3 Å². The zero-order chi connectivity index (χ0) is 9.30. The maximum Gasteiger partial charge on any atom is 0.444 e. The molecule has 0 bridgehead atoms. The van der Waals surface area contributed by atoms with Crippen molar-refractivity contribution in [1.29, 1.82) is 0 Å². The Morgan fingerprint density at radius 2 is 2.17 bits per heavy atom. The molecule has 1 unspecified atom stereocenters. The zero-order valence-corrected chi connectivity index (χ0v) is 7.97. The number of aromatic nitrogens is 2. The first-order chi connectivity index (χ1) is 5.54. The van der Waals surface area contributed by atoms with E-state index in [4.69, 9.17) is 0 Å². The van der Waals surface area contributed by atoms with E-state index in [9.17, 15) is 9.00 Å². The number of nitrogens with one attached hydrogen (secondary N) is 1. The van der Waals surface area contributed by atoms with E-state index in [-0.39, 0.29) is 11.1 Å². The standard InChI is InChI=1S/C6H10N2O3S/c1-4(2)8-5(12(3)10)6(9)11-7-8/h4H,1-3H3/p+1. The van der Waals surface area contributed by atoms with Gasteiger partial charge in [-0.05, 0) is 19.1 Å². The molecule has 0 spiro atoms. The molecule has 1 rings (SSSR count). The third kappa shape index (κ3) is 1.47. The summed E-state index contributed by atoms with van der Waals surface area (Å²) >= 11 is 0. The quantitative estimate of drug-likeness (QED) is 0.645. The van der Waals surface area contributed by atoms with Gasteiger partial charge in [0.15, 0.2) is 6.04 Å². The molecule has 0 saturated heterocycles. The van der Waals surface area contributed by atoms with Gasteiger partial charge in [-0.3, -0.25) is 4.52 Å². The van der Waals surface area contributed by atoms with Gasteiger partial charge in [-0.1, -0.05) is 4.68 Å². The number of H-pyrrole nitrogens is 1. The van der Waals surface area contributed by atoms with E-state index in [1.54, 1.807) is 0 Å². The molecule has 0 aliphatic heterocycles. The van der Waals surface area contributed by atoms with Gasteiger partial charge in [0.25, 0.3) is 0 Å². The van der Waals surface area contributed by atoms with Crippen molar-refractivity contribution in [2.24, 2.45) is 0 Å². The topological polar surface area (TPSA) is 67.0 Å². The lowest BCUT2D eigenvalue weighted by Crippen LogP contribution is -2.43. The zero-order valence-electron chi connectivity index (χ0n) is 7.16. The van der Waals surface area contributed by atoms with Crippen LogP contribution < -0.4 is 10.3 Å². The fourth-order valence-corrected chi connectivity index (χ4v) is 1.67. The monoisotopic (exact) mass is 191 g/mol. The Kier molecular flexibility index (Phi) is 2.46. The number of rotatable bonds is 2. The summed E-state index contributed by atoms with van der Waals surface area (Å²) in [5.74, 6) is 0. The molecule has 1 N–H and O–H groups in total.